The van der Waals surface area contributed by atoms with E-state index in [4.69, 9.17) is 9.72 Å². The van der Waals surface area contributed by atoms with Crippen molar-refractivity contribution in [2.45, 2.75) is 51.8 Å². The molecule has 188 valence electrons. The van der Waals surface area contributed by atoms with Crippen molar-refractivity contribution in [2.75, 3.05) is 13.7 Å². The van der Waals surface area contributed by atoms with Gasteiger partial charge in [0.1, 0.15) is 10.8 Å². The Kier molecular flexibility index (Phi) is 8.56. The Bertz CT molecular complexity index is 1160. The van der Waals surface area contributed by atoms with Crippen molar-refractivity contribution in [1.82, 2.24) is 4.98 Å². The minimum Gasteiger partial charge on any atom is -0.482 e. The third-order valence-corrected chi connectivity index (χ3v) is 6.72. The van der Waals surface area contributed by atoms with Crippen LogP contribution in [0.2, 0.25) is 0 Å². The number of carbonyl (C=O) groups excluding carboxylic acids is 1. The molecule has 35 heavy (non-hydrogen) atoms. The van der Waals surface area contributed by atoms with Gasteiger partial charge in [0.15, 0.2) is 6.61 Å². The molecule has 0 aliphatic carbocycles. The van der Waals surface area contributed by atoms with E-state index in [1.807, 2.05) is 26.8 Å². The van der Waals surface area contributed by atoms with Gasteiger partial charge in [0.25, 0.3) is 0 Å². The summed E-state index contributed by atoms with van der Waals surface area (Å²) in [6, 6.07) is 10.3. The number of halogens is 3. The van der Waals surface area contributed by atoms with E-state index in [9.17, 15) is 23.1 Å². The van der Waals surface area contributed by atoms with Crippen LogP contribution in [0.15, 0.2) is 42.5 Å². The molecular weight excluding hydrogens is 479 g/mol. The van der Waals surface area contributed by atoms with Crippen LogP contribution in [-0.4, -0.2) is 29.8 Å². The molecule has 9 heteroatoms. The molecule has 0 aliphatic heterocycles. The van der Waals surface area contributed by atoms with Crippen LogP contribution in [0.3, 0.4) is 0 Å². The summed E-state index contributed by atoms with van der Waals surface area (Å²) in [6.45, 7) is 5.67. The lowest BCUT2D eigenvalue weighted by molar-refractivity contribution is -0.143. The number of methoxy groups -OCH3 is 1. The summed E-state index contributed by atoms with van der Waals surface area (Å²) in [6.07, 6.45) is -4.07. The summed E-state index contributed by atoms with van der Waals surface area (Å²) in [5.74, 6) is 0.196. The number of aliphatic hydroxyl groups excluding tert-OH is 1. The normalized spacial score (nSPS) is 12.6. The van der Waals surface area contributed by atoms with Gasteiger partial charge in [0.05, 0.1) is 24.5 Å². The fourth-order valence-corrected chi connectivity index (χ4v) is 4.83. The standard InChI is InChI=1S/C26H28F3NO4S/c1-15(2)24-22(35-25(30-24)17-5-8-19(9-6-17)26(27,28)29)12-10-20(31)18-7-11-21(16(3)13-18)34-14-23(32)33-4/h5-9,11,13,15,20,31H,10,12,14H2,1-4H3/t20-/m1/s1. The summed E-state index contributed by atoms with van der Waals surface area (Å²) >= 11 is 1.44. The fraction of sp³-hybridized carbons (Fsp3) is 0.385. The minimum atomic E-state index is -4.38. The Balaban J connectivity index is 1.71. The number of benzene rings is 2. The zero-order valence-corrected chi connectivity index (χ0v) is 20.8. The molecule has 0 unspecified atom stereocenters. The van der Waals surface area contributed by atoms with Crippen molar-refractivity contribution < 1.29 is 32.5 Å². The third kappa shape index (κ3) is 6.82. The number of thiazole rings is 1. The predicted molar refractivity (Wildman–Crippen MR) is 129 cm³/mol. The number of aryl methyl sites for hydroxylation is 2. The maximum Gasteiger partial charge on any atom is 0.416 e. The van der Waals surface area contributed by atoms with Gasteiger partial charge in [0.2, 0.25) is 0 Å². The highest BCUT2D eigenvalue weighted by Crippen LogP contribution is 2.36. The first-order valence-corrected chi connectivity index (χ1v) is 12.0. The summed E-state index contributed by atoms with van der Waals surface area (Å²) in [5, 5.41) is 11.4. The summed E-state index contributed by atoms with van der Waals surface area (Å²) in [7, 11) is 1.29. The quantitative estimate of drug-likeness (QED) is 0.336. The van der Waals surface area contributed by atoms with E-state index in [1.165, 1.54) is 30.6 Å². The molecular formula is C26H28F3NO4S. The molecule has 0 saturated carbocycles. The Morgan fingerprint density at radius 3 is 2.40 bits per heavy atom. The van der Waals surface area contributed by atoms with E-state index in [-0.39, 0.29) is 12.5 Å². The van der Waals surface area contributed by atoms with E-state index < -0.39 is 23.8 Å². The van der Waals surface area contributed by atoms with E-state index >= 15 is 0 Å². The zero-order chi connectivity index (χ0) is 25.8. The number of carbonyl (C=O) groups is 1. The average molecular weight is 508 g/mol. The van der Waals surface area contributed by atoms with E-state index in [2.05, 4.69) is 4.74 Å². The Hall–Kier alpha value is -2.91. The first kappa shape index (κ1) is 26.7. The highest BCUT2D eigenvalue weighted by molar-refractivity contribution is 7.15. The lowest BCUT2D eigenvalue weighted by atomic mass is 10.00. The van der Waals surface area contributed by atoms with Gasteiger partial charge >= 0.3 is 12.1 Å². The molecule has 0 saturated heterocycles. The van der Waals surface area contributed by atoms with E-state index in [0.29, 0.717) is 29.2 Å². The van der Waals surface area contributed by atoms with Crippen molar-refractivity contribution in [3.8, 4) is 16.3 Å². The summed E-state index contributed by atoms with van der Waals surface area (Å²) in [4.78, 5) is 17.0. The molecule has 0 aliphatic rings. The van der Waals surface area contributed by atoms with Crippen LogP contribution in [0.25, 0.3) is 10.6 Å². The van der Waals surface area contributed by atoms with Crippen molar-refractivity contribution in [3.05, 3.63) is 69.7 Å². The smallest absolute Gasteiger partial charge is 0.416 e. The minimum absolute atomic E-state index is 0.134. The third-order valence-electron chi connectivity index (χ3n) is 5.54. The zero-order valence-electron chi connectivity index (χ0n) is 20.0. The second-order valence-corrected chi connectivity index (χ2v) is 9.59. The van der Waals surface area contributed by atoms with Gasteiger partial charge in [-0.25, -0.2) is 9.78 Å². The number of hydrogen-bond acceptors (Lipinski definition) is 6. The molecule has 2 aromatic carbocycles. The van der Waals surface area contributed by atoms with Crippen molar-refractivity contribution in [3.63, 3.8) is 0 Å². The Labute approximate surface area is 206 Å². The Morgan fingerprint density at radius 1 is 1.14 bits per heavy atom. The van der Waals surface area contributed by atoms with Crippen molar-refractivity contribution in [1.29, 1.82) is 0 Å². The number of alkyl halides is 3. The maximum atomic E-state index is 12.9. The second-order valence-electron chi connectivity index (χ2n) is 8.50. The van der Waals surface area contributed by atoms with Crippen LogP contribution in [0.1, 0.15) is 59.6 Å². The van der Waals surface area contributed by atoms with Crippen molar-refractivity contribution in [2.24, 2.45) is 0 Å². The van der Waals surface area contributed by atoms with Crippen LogP contribution in [0.4, 0.5) is 13.2 Å². The first-order chi connectivity index (χ1) is 16.5. The predicted octanol–water partition coefficient (Wildman–Crippen LogP) is 6.48. The molecule has 0 fully saturated rings. The van der Waals surface area contributed by atoms with Crippen LogP contribution in [-0.2, 0) is 22.1 Å². The highest BCUT2D eigenvalue weighted by atomic mass is 32.1. The highest BCUT2D eigenvalue weighted by Gasteiger charge is 2.30. The fourth-order valence-electron chi connectivity index (χ4n) is 3.59. The number of ether oxygens (including phenoxy) is 2. The summed E-state index contributed by atoms with van der Waals surface area (Å²) in [5.41, 5.74) is 2.35. The number of aromatic nitrogens is 1. The van der Waals surface area contributed by atoms with Gasteiger partial charge < -0.3 is 14.6 Å². The number of esters is 1. The largest absolute Gasteiger partial charge is 0.482 e. The lowest BCUT2D eigenvalue weighted by Gasteiger charge is -2.14. The van der Waals surface area contributed by atoms with Gasteiger partial charge in [-0.05, 0) is 61.1 Å². The molecule has 1 N–H and O–H groups in total. The Morgan fingerprint density at radius 2 is 1.83 bits per heavy atom. The lowest BCUT2D eigenvalue weighted by Crippen LogP contribution is -2.13. The molecule has 3 rings (SSSR count). The van der Waals surface area contributed by atoms with Crippen LogP contribution >= 0.6 is 11.3 Å². The maximum absolute atomic E-state index is 12.9. The summed E-state index contributed by atoms with van der Waals surface area (Å²) < 4.78 is 48.7. The second kappa shape index (κ2) is 11.2. The van der Waals surface area contributed by atoms with Gasteiger partial charge in [0, 0.05) is 10.4 Å². The van der Waals surface area contributed by atoms with Gasteiger partial charge in [-0.3, -0.25) is 0 Å². The van der Waals surface area contributed by atoms with Crippen LogP contribution in [0.5, 0.6) is 5.75 Å². The average Bonchev–Trinajstić information content (AvgIpc) is 3.25. The molecule has 5 nitrogen and oxygen atoms in total. The van der Waals surface area contributed by atoms with Crippen LogP contribution < -0.4 is 4.74 Å². The molecule has 1 heterocycles. The monoisotopic (exact) mass is 507 g/mol. The SMILES string of the molecule is COC(=O)COc1ccc([C@H](O)CCc2sc(-c3ccc(C(F)(F)F)cc3)nc2C(C)C)cc1C. The molecule has 0 bridgehead atoms. The molecule has 0 radical (unpaired) electrons. The van der Waals surface area contributed by atoms with Gasteiger partial charge in [-0.1, -0.05) is 32.0 Å². The number of rotatable bonds is 9. The van der Waals surface area contributed by atoms with E-state index in [1.54, 1.807) is 12.1 Å². The molecule has 0 amide bonds. The van der Waals surface area contributed by atoms with E-state index in [0.717, 1.165) is 33.8 Å². The van der Waals surface area contributed by atoms with Gasteiger partial charge in [-0.15, -0.1) is 11.3 Å². The van der Waals surface area contributed by atoms with Crippen molar-refractivity contribution >= 4 is 17.3 Å². The molecule has 0 spiro atoms. The molecule has 1 aromatic heterocycles. The van der Waals surface area contributed by atoms with Crippen LogP contribution in [0, 0.1) is 6.92 Å². The molecule has 1 atom stereocenters. The first-order valence-electron chi connectivity index (χ1n) is 11.1. The number of hydrogen-bond donors (Lipinski definition) is 1. The molecule has 3 aromatic rings. The number of nitrogens with zero attached hydrogens (tertiary/aromatic N) is 1. The topological polar surface area (TPSA) is 68.7 Å². The number of aliphatic hydroxyl groups is 1. The van der Waals surface area contributed by atoms with Gasteiger partial charge in [-0.2, -0.15) is 13.2 Å².